The minimum atomic E-state index is -0.604. The monoisotopic (exact) mass is 289 g/mol. The summed E-state index contributed by atoms with van der Waals surface area (Å²) in [6, 6.07) is 11.3. The molecule has 2 heterocycles. The lowest BCUT2D eigenvalue weighted by molar-refractivity contribution is -0.131. The van der Waals surface area contributed by atoms with Crippen molar-refractivity contribution in [1.29, 1.82) is 0 Å². The van der Waals surface area contributed by atoms with Crippen LogP contribution in [0.5, 0.6) is 11.5 Å². The Balaban J connectivity index is 1.64. The van der Waals surface area contributed by atoms with E-state index in [0.717, 1.165) is 4.88 Å². The van der Waals surface area contributed by atoms with Gasteiger partial charge in [-0.05, 0) is 30.5 Å². The number of ether oxygens (including phenoxy) is 2. The summed E-state index contributed by atoms with van der Waals surface area (Å²) in [5.41, 5.74) is 0. The Morgan fingerprint density at radius 1 is 1.30 bits per heavy atom. The van der Waals surface area contributed by atoms with Gasteiger partial charge in [0.2, 0.25) is 6.10 Å². The van der Waals surface area contributed by atoms with E-state index in [9.17, 15) is 4.79 Å². The number of benzene rings is 1. The zero-order chi connectivity index (χ0) is 13.9. The van der Waals surface area contributed by atoms with Crippen molar-refractivity contribution in [1.82, 2.24) is 5.32 Å². The fraction of sp³-hybridized carbons (Fsp3) is 0.267. The standard InChI is InChI=1S/C15H15NO3S/c1-10(14-7-4-8-20-14)16-15(17)13-9-18-11-5-2-3-6-12(11)19-13/h2-8,10,13H,9H2,1H3,(H,16,17)/t10-,13+/m1/s1. The second-order valence-electron chi connectivity index (χ2n) is 4.61. The highest BCUT2D eigenvalue weighted by Gasteiger charge is 2.28. The van der Waals surface area contributed by atoms with Crippen LogP contribution in [0.25, 0.3) is 0 Å². The van der Waals surface area contributed by atoms with Gasteiger partial charge in [-0.25, -0.2) is 0 Å². The molecular weight excluding hydrogens is 274 g/mol. The number of nitrogens with one attached hydrogen (secondary N) is 1. The maximum Gasteiger partial charge on any atom is 0.265 e. The van der Waals surface area contributed by atoms with Gasteiger partial charge in [-0.3, -0.25) is 4.79 Å². The third-order valence-electron chi connectivity index (χ3n) is 3.13. The van der Waals surface area contributed by atoms with Gasteiger partial charge in [-0.1, -0.05) is 18.2 Å². The molecule has 1 amide bonds. The SMILES string of the molecule is C[C@@H](NC(=O)[C@@H]1COc2ccccc2O1)c1cccs1. The highest BCUT2D eigenvalue weighted by atomic mass is 32.1. The van der Waals surface area contributed by atoms with Gasteiger partial charge in [0, 0.05) is 4.88 Å². The van der Waals surface area contributed by atoms with E-state index >= 15 is 0 Å². The Bertz CT molecular complexity index is 597. The average Bonchev–Trinajstić information content (AvgIpc) is 3.01. The number of thiophene rings is 1. The van der Waals surface area contributed by atoms with E-state index < -0.39 is 6.10 Å². The molecule has 0 aliphatic carbocycles. The molecule has 5 heteroatoms. The molecule has 1 aromatic carbocycles. The summed E-state index contributed by atoms with van der Waals surface area (Å²) >= 11 is 1.62. The van der Waals surface area contributed by atoms with E-state index in [1.807, 2.05) is 42.6 Å². The van der Waals surface area contributed by atoms with Crippen molar-refractivity contribution in [2.45, 2.75) is 19.1 Å². The van der Waals surface area contributed by atoms with Gasteiger partial charge in [0.25, 0.3) is 5.91 Å². The Morgan fingerprint density at radius 2 is 2.10 bits per heavy atom. The van der Waals surface area contributed by atoms with Crippen molar-refractivity contribution in [2.24, 2.45) is 0 Å². The van der Waals surface area contributed by atoms with Crippen LogP contribution in [0.4, 0.5) is 0 Å². The maximum atomic E-state index is 12.2. The first kappa shape index (κ1) is 13.0. The number of carbonyl (C=O) groups is 1. The molecule has 1 aliphatic rings. The smallest absolute Gasteiger partial charge is 0.265 e. The van der Waals surface area contributed by atoms with E-state index in [-0.39, 0.29) is 18.6 Å². The second-order valence-corrected chi connectivity index (χ2v) is 5.59. The average molecular weight is 289 g/mol. The Morgan fingerprint density at radius 3 is 2.85 bits per heavy atom. The summed E-state index contributed by atoms with van der Waals surface area (Å²) in [6.45, 7) is 2.20. The number of carbonyl (C=O) groups excluding carboxylic acids is 1. The van der Waals surface area contributed by atoms with Crippen molar-refractivity contribution in [3.63, 3.8) is 0 Å². The predicted molar refractivity (Wildman–Crippen MR) is 77.2 cm³/mol. The highest BCUT2D eigenvalue weighted by Crippen LogP contribution is 2.31. The molecule has 104 valence electrons. The largest absolute Gasteiger partial charge is 0.485 e. The van der Waals surface area contributed by atoms with Gasteiger partial charge in [0.15, 0.2) is 11.5 Å². The van der Waals surface area contributed by atoms with E-state index in [4.69, 9.17) is 9.47 Å². The zero-order valence-corrected chi connectivity index (χ0v) is 11.9. The lowest BCUT2D eigenvalue weighted by atomic mass is 10.2. The fourth-order valence-corrected chi connectivity index (χ4v) is 2.80. The Kier molecular flexibility index (Phi) is 3.60. The molecule has 20 heavy (non-hydrogen) atoms. The molecule has 0 spiro atoms. The Hall–Kier alpha value is -2.01. The highest BCUT2D eigenvalue weighted by molar-refractivity contribution is 7.10. The Labute approximate surface area is 121 Å². The van der Waals surface area contributed by atoms with Crippen molar-refractivity contribution in [2.75, 3.05) is 6.61 Å². The van der Waals surface area contributed by atoms with Crippen molar-refractivity contribution in [3.8, 4) is 11.5 Å². The topological polar surface area (TPSA) is 47.6 Å². The fourth-order valence-electron chi connectivity index (χ4n) is 2.06. The van der Waals surface area contributed by atoms with Crippen LogP contribution in [0.1, 0.15) is 17.8 Å². The van der Waals surface area contributed by atoms with E-state index in [1.54, 1.807) is 17.4 Å². The summed E-state index contributed by atoms with van der Waals surface area (Å²) in [5.74, 6) is 1.14. The van der Waals surface area contributed by atoms with Gasteiger partial charge in [0.05, 0.1) is 6.04 Å². The van der Waals surface area contributed by atoms with Gasteiger partial charge in [-0.2, -0.15) is 0 Å². The van der Waals surface area contributed by atoms with E-state index in [1.165, 1.54) is 0 Å². The van der Waals surface area contributed by atoms with Crippen molar-refractivity contribution >= 4 is 17.2 Å². The van der Waals surface area contributed by atoms with E-state index in [0.29, 0.717) is 11.5 Å². The maximum absolute atomic E-state index is 12.2. The number of hydrogen-bond donors (Lipinski definition) is 1. The molecule has 0 fully saturated rings. The van der Waals surface area contributed by atoms with E-state index in [2.05, 4.69) is 5.32 Å². The lowest BCUT2D eigenvalue weighted by Gasteiger charge is -2.26. The molecule has 0 saturated heterocycles. The van der Waals surface area contributed by atoms with Crippen LogP contribution in [0.2, 0.25) is 0 Å². The van der Waals surface area contributed by atoms with Gasteiger partial charge in [0.1, 0.15) is 6.61 Å². The summed E-state index contributed by atoms with van der Waals surface area (Å²) in [7, 11) is 0. The molecule has 0 radical (unpaired) electrons. The molecular formula is C15H15NO3S. The quantitative estimate of drug-likeness (QED) is 0.945. The van der Waals surface area contributed by atoms with Crippen LogP contribution in [0.3, 0.4) is 0 Å². The summed E-state index contributed by atoms with van der Waals surface area (Å²) in [6.07, 6.45) is -0.604. The van der Waals surface area contributed by atoms with Crippen LogP contribution in [-0.2, 0) is 4.79 Å². The zero-order valence-electron chi connectivity index (χ0n) is 11.0. The normalized spacial score (nSPS) is 18.4. The predicted octanol–water partition coefficient (Wildman–Crippen LogP) is 2.77. The molecule has 2 atom stereocenters. The number of fused-ring (bicyclic) bond motifs is 1. The first-order chi connectivity index (χ1) is 9.74. The van der Waals surface area contributed by atoms with Crippen LogP contribution in [0.15, 0.2) is 41.8 Å². The van der Waals surface area contributed by atoms with Crippen LogP contribution >= 0.6 is 11.3 Å². The molecule has 0 unspecified atom stereocenters. The third kappa shape index (κ3) is 2.63. The van der Waals surface area contributed by atoms with Crippen LogP contribution in [-0.4, -0.2) is 18.6 Å². The summed E-state index contributed by atoms with van der Waals surface area (Å²) in [4.78, 5) is 13.3. The molecule has 1 N–H and O–H groups in total. The molecule has 0 saturated carbocycles. The summed E-state index contributed by atoms with van der Waals surface area (Å²) < 4.78 is 11.2. The first-order valence-corrected chi connectivity index (χ1v) is 7.34. The second kappa shape index (κ2) is 5.54. The summed E-state index contributed by atoms with van der Waals surface area (Å²) in [5, 5.41) is 4.94. The third-order valence-corrected chi connectivity index (χ3v) is 4.18. The minimum Gasteiger partial charge on any atom is -0.485 e. The van der Waals surface area contributed by atoms with Crippen molar-refractivity contribution in [3.05, 3.63) is 46.7 Å². The number of rotatable bonds is 3. The van der Waals surface area contributed by atoms with Crippen LogP contribution < -0.4 is 14.8 Å². The first-order valence-electron chi connectivity index (χ1n) is 6.46. The van der Waals surface area contributed by atoms with Crippen molar-refractivity contribution < 1.29 is 14.3 Å². The van der Waals surface area contributed by atoms with Gasteiger partial charge in [-0.15, -0.1) is 11.3 Å². The molecule has 4 nitrogen and oxygen atoms in total. The molecule has 3 rings (SSSR count). The molecule has 1 aromatic heterocycles. The number of hydrogen-bond acceptors (Lipinski definition) is 4. The van der Waals surface area contributed by atoms with Gasteiger partial charge < -0.3 is 14.8 Å². The molecule has 0 bridgehead atoms. The van der Waals surface area contributed by atoms with Gasteiger partial charge >= 0.3 is 0 Å². The lowest BCUT2D eigenvalue weighted by Crippen LogP contribution is -2.44. The van der Waals surface area contributed by atoms with Crippen LogP contribution in [0, 0.1) is 0 Å². The molecule has 2 aromatic rings. The molecule has 1 aliphatic heterocycles. The minimum absolute atomic E-state index is 0.0247. The number of para-hydroxylation sites is 2. The number of amides is 1.